The van der Waals surface area contributed by atoms with Crippen molar-refractivity contribution in [3.05, 3.63) is 66.7 Å². The molecule has 0 atom stereocenters. The fourth-order valence-electron chi connectivity index (χ4n) is 1.99. The highest BCUT2D eigenvalue weighted by Crippen LogP contribution is 2.22. The van der Waals surface area contributed by atoms with E-state index in [0.717, 1.165) is 11.1 Å². The highest BCUT2D eigenvalue weighted by atomic mass is 16.5. The summed E-state index contributed by atoms with van der Waals surface area (Å²) in [6, 6.07) is 18.5. The first-order valence-corrected chi connectivity index (χ1v) is 6.64. The zero-order chi connectivity index (χ0) is 14.4. The lowest BCUT2D eigenvalue weighted by Crippen LogP contribution is -2.00. The minimum atomic E-state index is -0.253. The molecule has 0 amide bonds. The molecule has 0 aliphatic rings. The molecule has 0 aliphatic carbocycles. The van der Waals surface area contributed by atoms with E-state index in [9.17, 15) is 4.79 Å². The van der Waals surface area contributed by atoms with Crippen LogP contribution in [0.15, 0.2) is 61.2 Å². The smallest absolute Gasteiger partial charge is 0.302 e. The molecule has 102 valence electrons. The molecule has 0 aliphatic heterocycles. The van der Waals surface area contributed by atoms with Crippen LogP contribution >= 0.6 is 0 Å². The van der Waals surface area contributed by atoms with Gasteiger partial charge in [0.1, 0.15) is 0 Å². The van der Waals surface area contributed by atoms with E-state index in [4.69, 9.17) is 4.74 Å². The predicted octanol–water partition coefficient (Wildman–Crippen LogP) is 4.32. The van der Waals surface area contributed by atoms with Gasteiger partial charge in [-0.3, -0.25) is 4.79 Å². The summed E-state index contributed by atoms with van der Waals surface area (Å²) < 4.78 is 4.93. The number of ether oxygens (including phenoxy) is 1. The van der Waals surface area contributed by atoms with Gasteiger partial charge in [-0.05, 0) is 22.3 Å². The summed E-state index contributed by atoms with van der Waals surface area (Å²) in [4.78, 5) is 10.7. The van der Waals surface area contributed by atoms with E-state index in [1.807, 2.05) is 18.2 Å². The van der Waals surface area contributed by atoms with Crippen molar-refractivity contribution in [3.8, 4) is 11.1 Å². The first kappa shape index (κ1) is 14.1. The zero-order valence-electron chi connectivity index (χ0n) is 11.6. The largest absolute Gasteiger partial charge is 0.466 e. The first-order chi connectivity index (χ1) is 9.66. The fraction of sp³-hybridized carbons (Fsp3) is 0.167. The molecule has 0 N–H and O–H groups in total. The van der Waals surface area contributed by atoms with Crippen LogP contribution < -0.4 is 0 Å². The predicted molar refractivity (Wildman–Crippen MR) is 82.2 cm³/mol. The van der Waals surface area contributed by atoms with Crippen LogP contribution in [0.25, 0.3) is 16.7 Å². The molecule has 0 saturated carbocycles. The van der Waals surface area contributed by atoms with Gasteiger partial charge >= 0.3 is 5.97 Å². The quantitative estimate of drug-likeness (QED) is 0.753. The van der Waals surface area contributed by atoms with E-state index in [-0.39, 0.29) is 5.97 Å². The molecule has 2 rings (SSSR count). The summed E-state index contributed by atoms with van der Waals surface area (Å²) in [7, 11) is 0. The molecule has 0 spiro atoms. The van der Waals surface area contributed by atoms with Crippen LogP contribution in [0.4, 0.5) is 0 Å². The molecule has 2 aromatic carbocycles. The van der Waals surface area contributed by atoms with Crippen molar-refractivity contribution in [1.29, 1.82) is 0 Å². The van der Waals surface area contributed by atoms with Crippen LogP contribution in [0.2, 0.25) is 0 Å². The van der Waals surface area contributed by atoms with Gasteiger partial charge in [0, 0.05) is 13.3 Å². The number of carbonyl (C=O) groups is 1. The Hall–Kier alpha value is -2.35. The van der Waals surface area contributed by atoms with Gasteiger partial charge < -0.3 is 4.74 Å². The van der Waals surface area contributed by atoms with Crippen molar-refractivity contribution in [3.63, 3.8) is 0 Å². The van der Waals surface area contributed by atoms with E-state index in [2.05, 4.69) is 43.0 Å². The SMILES string of the molecule is C=C(CCOC(C)=O)c1ccc(-c2ccccc2)cc1. The third kappa shape index (κ3) is 3.82. The third-order valence-electron chi connectivity index (χ3n) is 3.11. The van der Waals surface area contributed by atoms with Crippen molar-refractivity contribution in [2.45, 2.75) is 13.3 Å². The number of carbonyl (C=O) groups excluding carboxylic acids is 1. The van der Waals surface area contributed by atoms with E-state index in [0.29, 0.717) is 13.0 Å². The second-order valence-corrected chi connectivity index (χ2v) is 4.64. The lowest BCUT2D eigenvalue weighted by molar-refractivity contribution is -0.140. The molecule has 2 heteroatoms. The van der Waals surface area contributed by atoms with E-state index >= 15 is 0 Å². The average molecular weight is 266 g/mol. The summed E-state index contributed by atoms with van der Waals surface area (Å²) in [5, 5.41) is 0. The maximum Gasteiger partial charge on any atom is 0.302 e. The summed E-state index contributed by atoms with van der Waals surface area (Å²) in [5.74, 6) is -0.253. The second kappa shape index (κ2) is 6.71. The molecular formula is C18H18O2. The Morgan fingerprint density at radius 3 is 2.20 bits per heavy atom. The molecule has 0 radical (unpaired) electrons. The third-order valence-corrected chi connectivity index (χ3v) is 3.11. The van der Waals surface area contributed by atoms with Crippen molar-refractivity contribution < 1.29 is 9.53 Å². The van der Waals surface area contributed by atoms with Crippen LogP contribution in [0.5, 0.6) is 0 Å². The van der Waals surface area contributed by atoms with E-state index < -0.39 is 0 Å². The lowest BCUT2D eigenvalue weighted by atomic mass is 10.00. The number of hydrogen-bond donors (Lipinski definition) is 0. The standard InChI is InChI=1S/C18H18O2/c1-14(12-13-20-15(2)19)16-8-10-18(11-9-16)17-6-4-3-5-7-17/h3-11H,1,12-13H2,2H3. The van der Waals surface area contributed by atoms with Crippen LogP contribution in [-0.4, -0.2) is 12.6 Å². The Kier molecular flexibility index (Phi) is 4.72. The fourth-order valence-corrected chi connectivity index (χ4v) is 1.99. The Labute approximate surface area is 119 Å². The van der Waals surface area contributed by atoms with Crippen molar-refractivity contribution in [1.82, 2.24) is 0 Å². The van der Waals surface area contributed by atoms with Crippen molar-refractivity contribution in [2.24, 2.45) is 0 Å². The van der Waals surface area contributed by atoms with E-state index in [1.165, 1.54) is 18.1 Å². The van der Waals surface area contributed by atoms with Gasteiger partial charge in [0.15, 0.2) is 0 Å². The van der Waals surface area contributed by atoms with Gasteiger partial charge in [-0.25, -0.2) is 0 Å². The molecule has 0 aromatic heterocycles. The minimum Gasteiger partial charge on any atom is -0.466 e. The van der Waals surface area contributed by atoms with Gasteiger partial charge in [0.2, 0.25) is 0 Å². The summed E-state index contributed by atoms with van der Waals surface area (Å²) in [6.45, 7) is 5.83. The number of hydrogen-bond acceptors (Lipinski definition) is 2. The molecule has 2 nitrogen and oxygen atoms in total. The van der Waals surface area contributed by atoms with Crippen LogP contribution in [0, 0.1) is 0 Å². The van der Waals surface area contributed by atoms with Crippen molar-refractivity contribution >= 4 is 11.5 Å². The summed E-state index contributed by atoms with van der Waals surface area (Å²) in [5.41, 5.74) is 4.44. The Morgan fingerprint density at radius 1 is 1.00 bits per heavy atom. The second-order valence-electron chi connectivity index (χ2n) is 4.64. The highest BCUT2D eigenvalue weighted by molar-refractivity contribution is 5.70. The maximum atomic E-state index is 10.7. The zero-order valence-corrected chi connectivity index (χ0v) is 11.6. The maximum absolute atomic E-state index is 10.7. The lowest BCUT2D eigenvalue weighted by Gasteiger charge is -2.08. The molecule has 0 fully saturated rings. The van der Waals surface area contributed by atoms with Crippen LogP contribution in [0.3, 0.4) is 0 Å². The first-order valence-electron chi connectivity index (χ1n) is 6.64. The number of esters is 1. The Bertz CT molecular complexity index is 583. The van der Waals surface area contributed by atoms with Gasteiger partial charge in [0.25, 0.3) is 0 Å². The minimum absolute atomic E-state index is 0.253. The molecule has 0 bridgehead atoms. The monoisotopic (exact) mass is 266 g/mol. The topological polar surface area (TPSA) is 26.3 Å². The van der Waals surface area contributed by atoms with Gasteiger partial charge in [-0.2, -0.15) is 0 Å². The normalized spacial score (nSPS) is 10.1. The molecule has 20 heavy (non-hydrogen) atoms. The van der Waals surface area contributed by atoms with Crippen molar-refractivity contribution in [2.75, 3.05) is 6.61 Å². The summed E-state index contributed by atoms with van der Waals surface area (Å²) >= 11 is 0. The molecule has 0 heterocycles. The van der Waals surface area contributed by atoms with Gasteiger partial charge in [-0.15, -0.1) is 0 Å². The van der Waals surface area contributed by atoms with Crippen LogP contribution in [0.1, 0.15) is 18.9 Å². The average Bonchev–Trinajstić information content (AvgIpc) is 2.48. The van der Waals surface area contributed by atoms with Crippen LogP contribution in [-0.2, 0) is 9.53 Å². The number of rotatable bonds is 5. The molecule has 2 aromatic rings. The Morgan fingerprint density at radius 2 is 1.60 bits per heavy atom. The molecular weight excluding hydrogens is 248 g/mol. The molecule has 0 saturated heterocycles. The van der Waals surface area contributed by atoms with E-state index in [1.54, 1.807) is 0 Å². The highest BCUT2D eigenvalue weighted by Gasteiger charge is 2.02. The Balaban J connectivity index is 2.01. The molecule has 0 unspecified atom stereocenters. The summed E-state index contributed by atoms with van der Waals surface area (Å²) in [6.07, 6.45) is 0.657. The van der Waals surface area contributed by atoms with Gasteiger partial charge in [-0.1, -0.05) is 61.2 Å². The van der Waals surface area contributed by atoms with Gasteiger partial charge in [0.05, 0.1) is 6.61 Å². The number of benzene rings is 2.